The van der Waals surface area contributed by atoms with Crippen LogP contribution in [0.3, 0.4) is 0 Å². The second-order valence-corrected chi connectivity index (χ2v) is 5.52. The summed E-state index contributed by atoms with van der Waals surface area (Å²) in [4.78, 5) is 23.3. The number of nitrogens with zero attached hydrogens (tertiary/aromatic N) is 1. The molecule has 0 spiro atoms. The van der Waals surface area contributed by atoms with Crippen LogP contribution in [-0.4, -0.2) is 17.0 Å². The molecule has 1 aliphatic carbocycles. The second kappa shape index (κ2) is 5.85. The standard InChI is InChI=1S/C13H14N2O3S/c14-7-8-5-6-19-12(8)15-11(16)9-3-1-2-4-10(9)13(17)18/h5-6,9-10H,1-4H2,(H,15,16)(H,17,18)/t9-,10-/m0/s1. The Balaban J connectivity index is 2.10. The average Bonchev–Trinajstić information content (AvgIpc) is 2.85. The smallest absolute Gasteiger partial charge is 0.307 e. The lowest BCUT2D eigenvalue weighted by molar-refractivity contribution is -0.147. The molecule has 1 amide bonds. The molecule has 2 rings (SSSR count). The fourth-order valence-corrected chi connectivity index (χ4v) is 3.18. The van der Waals surface area contributed by atoms with Gasteiger partial charge in [0, 0.05) is 0 Å². The van der Waals surface area contributed by atoms with Crippen LogP contribution in [-0.2, 0) is 9.59 Å². The fourth-order valence-electron chi connectivity index (χ4n) is 2.44. The van der Waals surface area contributed by atoms with Gasteiger partial charge in [-0.05, 0) is 24.3 Å². The summed E-state index contributed by atoms with van der Waals surface area (Å²) in [5, 5.41) is 23.0. The van der Waals surface area contributed by atoms with Crippen molar-refractivity contribution in [2.75, 3.05) is 5.32 Å². The highest BCUT2D eigenvalue weighted by atomic mass is 32.1. The van der Waals surface area contributed by atoms with Gasteiger partial charge in [-0.25, -0.2) is 0 Å². The molecule has 0 bridgehead atoms. The minimum atomic E-state index is -0.911. The highest BCUT2D eigenvalue weighted by Gasteiger charge is 2.35. The average molecular weight is 278 g/mol. The molecule has 5 nitrogen and oxygen atoms in total. The van der Waals surface area contributed by atoms with Gasteiger partial charge in [-0.1, -0.05) is 12.8 Å². The van der Waals surface area contributed by atoms with Gasteiger partial charge in [-0.3, -0.25) is 9.59 Å². The molecule has 0 saturated heterocycles. The summed E-state index contributed by atoms with van der Waals surface area (Å²) in [7, 11) is 0. The van der Waals surface area contributed by atoms with Crippen LogP contribution in [0.4, 0.5) is 5.00 Å². The Hall–Kier alpha value is -1.87. The maximum absolute atomic E-state index is 12.2. The molecule has 0 radical (unpaired) electrons. The largest absolute Gasteiger partial charge is 0.481 e. The summed E-state index contributed by atoms with van der Waals surface area (Å²) < 4.78 is 0. The van der Waals surface area contributed by atoms with Crippen LogP contribution >= 0.6 is 11.3 Å². The number of carbonyl (C=O) groups excluding carboxylic acids is 1. The first-order chi connectivity index (χ1) is 9.13. The topological polar surface area (TPSA) is 90.2 Å². The molecule has 1 saturated carbocycles. The maximum Gasteiger partial charge on any atom is 0.307 e. The number of anilines is 1. The zero-order valence-corrected chi connectivity index (χ0v) is 11.1. The summed E-state index contributed by atoms with van der Waals surface area (Å²) in [6.45, 7) is 0. The third kappa shape index (κ3) is 2.93. The van der Waals surface area contributed by atoms with Crippen molar-refractivity contribution in [1.82, 2.24) is 0 Å². The van der Waals surface area contributed by atoms with Crippen LogP contribution in [0.25, 0.3) is 0 Å². The van der Waals surface area contributed by atoms with E-state index in [4.69, 9.17) is 10.4 Å². The van der Waals surface area contributed by atoms with Gasteiger partial charge < -0.3 is 10.4 Å². The minimum absolute atomic E-state index is 0.286. The summed E-state index contributed by atoms with van der Waals surface area (Å²) in [5.74, 6) is -2.31. The third-order valence-electron chi connectivity index (χ3n) is 3.44. The van der Waals surface area contributed by atoms with Crippen LogP contribution in [0, 0.1) is 23.2 Å². The molecule has 1 heterocycles. The van der Waals surface area contributed by atoms with E-state index in [2.05, 4.69) is 5.32 Å². The number of carbonyl (C=O) groups is 2. The zero-order chi connectivity index (χ0) is 13.8. The first-order valence-corrected chi connectivity index (χ1v) is 7.02. The Labute approximate surface area is 114 Å². The molecular formula is C13H14N2O3S. The monoisotopic (exact) mass is 278 g/mol. The van der Waals surface area contributed by atoms with E-state index in [0.717, 1.165) is 12.8 Å². The Bertz CT molecular complexity index is 532. The van der Waals surface area contributed by atoms with Gasteiger partial charge in [0.05, 0.1) is 17.4 Å². The van der Waals surface area contributed by atoms with Gasteiger partial charge in [0.1, 0.15) is 11.1 Å². The molecule has 0 aromatic carbocycles. The van der Waals surface area contributed by atoms with Crippen molar-refractivity contribution in [3.8, 4) is 6.07 Å². The number of carboxylic acid groups (broad SMARTS) is 1. The first kappa shape index (κ1) is 13.6. The fraction of sp³-hybridized carbons (Fsp3) is 0.462. The Kier molecular flexibility index (Phi) is 4.17. The van der Waals surface area contributed by atoms with E-state index < -0.39 is 17.8 Å². The number of nitrogens with one attached hydrogen (secondary N) is 1. The molecule has 6 heteroatoms. The van der Waals surface area contributed by atoms with Crippen molar-refractivity contribution in [3.05, 3.63) is 17.0 Å². The zero-order valence-electron chi connectivity index (χ0n) is 10.3. The Morgan fingerprint density at radius 1 is 1.37 bits per heavy atom. The molecule has 1 aliphatic rings. The lowest BCUT2D eigenvalue weighted by atomic mass is 9.79. The van der Waals surface area contributed by atoms with Gasteiger partial charge in [0.15, 0.2) is 0 Å². The summed E-state index contributed by atoms with van der Waals surface area (Å²) in [5.41, 5.74) is 0.418. The highest BCUT2D eigenvalue weighted by Crippen LogP contribution is 2.32. The van der Waals surface area contributed by atoms with Crippen molar-refractivity contribution in [2.24, 2.45) is 11.8 Å². The van der Waals surface area contributed by atoms with Crippen molar-refractivity contribution in [2.45, 2.75) is 25.7 Å². The van der Waals surface area contributed by atoms with Gasteiger partial charge in [-0.15, -0.1) is 11.3 Å². The molecule has 100 valence electrons. The number of thiophene rings is 1. The first-order valence-electron chi connectivity index (χ1n) is 6.14. The number of aliphatic carboxylic acids is 1. The Morgan fingerprint density at radius 2 is 2.05 bits per heavy atom. The maximum atomic E-state index is 12.2. The van der Waals surface area contributed by atoms with Crippen molar-refractivity contribution in [1.29, 1.82) is 5.26 Å². The van der Waals surface area contributed by atoms with Crippen LogP contribution in [0.5, 0.6) is 0 Å². The van der Waals surface area contributed by atoms with E-state index in [1.54, 1.807) is 11.4 Å². The van der Waals surface area contributed by atoms with Gasteiger partial charge >= 0.3 is 5.97 Å². The van der Waals surface area contributed by atoms with Gasteiger partial charge in [0.25, 0.3) is 0 Å². The van der Waals surface area contributed by atoms with Crippen molar-refractivity contribution in [3.63, 3.8) is 0 Å². The molecule has 1 aromatic rings. The SMILES string of the molecule is N#Cc1ccsc1NC(=O)[C@H]1CCCC[C@@H]1C(=O)O. The van der Waals surface area contributed by atoms with Crippen LogP contribution in [0.1, 0.15) is 31.2 Å². The predicted molar refractivity (Wildman–Crippen MR) is 70.7 cm³/mol. The van der Waals surface area contributed by atoms with Crippen LogP contribution < -0.4 is 5.32 Å². The number of rotatable bonds is 3. The summed E-state index contributed by atoms with van der Waals surface area (Å²) in [6, 6.07) is 3.63. The molecule has 19 heavy (non-hydrogen) atoms. The van der Waals surface area contributed by atoms with Crippen LogP contribution in [0.2, 0.25) is 0 Å². The third-order valence-corrected chi connectivity index (χ3v) is 4.27. The summed E-state index contributed by atoms with van der Waals surface area (Å²) >= 11 is 1.27. The lowest BCUT2D eigenvalue weighted by Crippen LogP contribution is -2.36. The van der Waals surface area contributed by atoms with Gasteiger partial charge in [0.2, 0.25) is 5.91 Å². The van der Waals surface area contributed by atoms with E-state index in [-0.39, 0.29) is 5.91 Å². The number of carboxylic acids is 1. The molecule has 0 unspecified atom stereocenters. The van der Waals surface area contributed by atoms with E-state index in [1.165, 1.54) is 11.3 Å². The van der Waals surface area contributed by atoms with E-state index in [9.17, 15) is 9.59 Å². The molecule has 1 aromatic heterocycles. The second-order valence-electron chi connectivity index (χ2n) is 4.60. The summed E-state index contributed by atoms with van der Waals surface area (Å²) in [6.07, 6.45) is 2.86. The van der Waals surface area contributed by atoms with E-state index >= 15 is 0 Å². The molecule has 1 fully saturated rings. The quantitative estimate of drug-likeness (QED) is 0.888. The number of amides is 1. The van der Waals surface area contributed by atoms with Crippen molar-refractivity contribution < 1.29 is 14.7 Å². The molecule has 2 atom stereocenters. The minimum Gasteiger partial charge on any atom is -0.481 e. The molecule has 2 N–H and O–H groups in total. The van der Waals surface area contributed by atoms with Crippen molar-refractivity contribution >= 4 is 28.2 Å². The van der Waals surface area contributed by atoms with Crippen LogP contribution in [0.15, 0.2) is 11.4 Å². The predicted octanol–water partition coefficient (Wildman–Crippen LogP) is 2.45. The van der Waals surface area contributed by atoms with E-state index in [0.29, 0.717) is 23.4 Å². The number of hydrogen-bond acceptors (Lipinski definition) is 4. The normalized spacial score (nSPS) is 22.5. The lowest BCUT2D eigenvalue weighted by Gasteiger charge is -2.27. The van der Waals surface area contributed by atoms with Gasteiger partial charge in [-0.2, -0.15) is 5.26 Å². The highest BCUT2D eigenvalue weighted by molar-refractivity contribution is 7.14. The number of nitriles is 1. The molecular weight excluding hydrogens is 264 g/mol. The van der Waals surface area contributed by atoms with E-state index in [1.807, 2.05) is 6.07 Å². The Morgan fingerprint density at radius 3 is 2.68 bits per heavy atom. The molecule has 0 aliphatic heterocycles. The number of hydrogen-bond donors (Lipinski definition) is 2.